The van der Waals surface area contributed by atoms with Crippen LogP contribution in [0, 0.1) is 5.41 Å². The smallest absolute Gasteiger partial charge is 0.405 e. The molecule has 0 unspecified atom stereocenters. The van der Waals surface area contributed by atoms with Crippen molar-refractivity contribution >= 4 is 27.6 Å². The summed E-state index contributed by atoms with van der Waals surface area (Å²) in [5, 5.41) is 5.52. The number of alkyl halides is 3. The van der Waals surface area contributed by atoms with Gasteiger partial charge in [0, 0.05) is 22.5 Å². The number of hydrogen-bond donors (Lipinski definition) is 0. The zero-order valence-corrected chi connectivity index (χ0v) is 21.6. The first-order valence-electron chi connectivity index (χ1n) is 13.2. The van der Waals surface area contributed by atoms with Crippen molar-refractivity contribution in [3.63, 3.8) is 0 Å². The van der Waals surface area contributed by atoms with Crippen molar-refractivity contribution in [3.8, 4) is 17.0 Å². The lowest BCUT2D eigenvalue weighted by atomic mass is 9.54. The third-order valence-electron chi connectivity index (χ3n) is 8.73. The Morgan fingerprint density at radius 3 is 2.37 bits per heavy atom. The van der Waals surface area contributed by atoms with Crippen LogP contribution in [-0.2, 0) is 5.41 Å². The molecule has 2 heterocycles. The standard InChI is InChI=1S/C30H27F3N2O2S/c31-30(32,33)36-23-7-3-1-5-20(23)25-21(26(37-35-25)19-9-10-19)11-12-28-13-16-29(17-14-28,18-15-28)27-34-22-6-2-4-8-24(22)38-27/h1-8,11-12,19H,9-10,13-18H2. The van der Waals surface area contributed by atoms with E-state index in [4.69, 9.17) is 9.51 Å². The van der Waals surface area contributed by atoms with Gasteiger partial charge in [0.15, 0.2) is 0 Å². The number of benzene rings is 2. The lowest BCUT2D eigenvalue weighted by Gasteiger charge is -2.51. The number of thiazole rings is 1. The van der Waals surface area contributed by atoms with Gasteiger partial charge in [-0.25, -0.2) is 4.98 Å². The van der Waals surface area contributed by atoms with E-state index in [0.29, 0.717) is 11.3 Å². The lowest BCUT2D eigenvalue weighted by molar-refractivity contribution is -0.274. The normalized spacial score (nSPS) is 25.4. The fourth-order valence-electron chi connectivity index (χ4n) is 6.33. The zero-order valence-electron chi connectivity index (χ0n) is 20.8. The van der Waals surface area contributed by atoms with Crippen molar-refractivity contribution in [2.24, 2.45) is 5.41 Å². The maximum absolute atomic E-state index is 13.1. The van der Waals surface area contributed by atoms with Gasteiger partial charge in [-0.15, -0.1) is 24.5 Å². The fraction of sp³-hybridized carbons (Fsp3) is 0.400. The van der Waals surface area contributed by atoms with Gasteiger partial charge in [0.05, 0.1) is 15.2 Å². The average Bonchev–Trinajstić information content (AvgIpc) is 3.51. The zero-order chi connectivity index (χ0) is 26.0. The summed E-state index contributed by atoms with van der Waals surface area (Å²) in [6, 6.07) is 14.5. The summed E-state index contributed by atoms with van der Waals surface area (Å²) >= 11 is 1.84. The van der Waals surface area contributed by atoms with Gasteiger partial charge in [0.2, 0.25) is 0 Å². The maximum Gasteiger partial charge on any atom is 0.573 e. The van der Waals surface area contributed by atoms with Gasteiger partial charge in [-0.05, 0) is 81.0 Å². The van der Waals surface area contributed by atoms with E-state index in [1.165, 1.54) is 21.8 Å². The van der Waals surface area contributed by atoms with Crippen LogP contribution in [-0.4, -0.2) is 16.5 Å². The highest BCUT2D eigenvalue weighted by atomic mass is 32.1. The number of para-hydroxylation sites is 2. The Morgan fingerprint density at radius 2 is 1.66 bits per heavy atom. The second-order valence-corrected chi connectivity index (χ2v) is 12.1. The summed E-state index contributed by atoms with van der Waals surface area (Å²) in [7, 11) is 0. The van der Waals surface area contributed by atoms with Crippen LogP contribution >= 0.6 is 11.3 Å². The molecular formula is C30H27F3N2O2S. The molecule has 2 aromatic heterocycles. The number of halogens is 3. The molecule has 0 saturated heterocycles. The summed E-state index contributed by atoms with van der Waals surface area (Å²) < 4.78 is 50.6. The third kappa shape index (κ3) is 4.23. The molecule has 0 atom stereocenters. The molecule has 4 fully saturated rings. The van der Waals surface area contributed by atoms with Crippen LogP contribution in [0.25, 0.3) is 27.6 Å². The quantitative estimate of drug-likeness (QED) is 0.247. The minimum absolute atomic E-state index is 0.0791. The van der Waals surface area contributed by atoms with E-state index < -0.39 is 6.36 Å². The van der Waals surface area contributed by atoms with Crippen molar-refractivity contribution < 1.29 is 22.4 Å². The number of aromatic nitrogens is 2. The number of rotatable bonds is 6. The van der Waals surface area contributed by atoms with Crippen LogP contribution in [0.4, 0.5) is 13.2 Å². The second-order valence-electron chi connectivity index (χ2n) is 11.1. The summed E-state index contributed by atoms with van der Waals surface area (Å²) in [6.45, 7) is 0. The van der Waals surface area contributed by atoms with E-state index in [-0.39, 0.29) is 22.5 Å². The topological polar surface area (TPSA) is 48.2 Å². The van der Waals surface area contributed by atoms with E-state index >= 15 is 0 Å². The first-order valence-corrected chi connectivity index (χ1v) is 14.0. The average molecular weight is 537 g/mol. The maximum atomic E-state index is 13.1. The Labute approximate surface area is 222 Å². The van der Waals surface area contributed by atoms with Gasteiger partial charge in [-0.1, -0.05) is 41.6 Å². The molecule has 8 rings (SSSR count). The molecular weight excluding hydrogens is 509 g/mol. The highest BCUT2D eigenvalue weighted by molar-refractivity contribution is 7.18. The molecule has 4 aromatic rings. The molecule has 8 heteroatoms. The van der Waals surface area contributed by atoms with Gasteiger partial charge >= 0.3 is 6.36 Å². The van der Waals surface area contributed by atoms with Crippen LogP contribution in [0.1, 0.15) is 73.6 Å². The lowest BCUT2D eigenvalue weighted by Crippen LogP contribution is -2.43. The third-order valence-corrected chi connectivity index (χ3v) is 10.0. The molecule has 0 aliphatic heterocycles. The molecule has 0 radical (unpaired) electrons. The summed E-state index contributed by atoms with van der Waals surface area (Å²) in [4.78, 5) is 5.02. The van der Waals surface area contributed by atoms with E-state index in [0.717, 1.165) is 68.2 Å². The van der Waals surface area contributed by atoms with Crippen LogP contribution < -0.4 is 4.74 Å². The van der Waals surface area contributed by atoms with Crippen molar-refractivity contribution in [3.05, 3.63) is 70.9 Å². The van der Waals surface area contributed by atoms with Crippen LogP contribution in [0.15, 0.2) is 59.1 Å². The van der Waals surface area contributed by atoms with Gasteiger partial charge in [-0.3, -0.25) is 0 Å². The van der Waals surface area contributed by atoms with E-state index in [1.54, 1.807) is 12.1 Å². The molecule has 4 saturated carbocycles. The molecule has 4 aliphatic rings. The Hall–Kier alpha value is -3.13. The van der Waals surface area contributed by atoms with Crippen LogP contribution in [0.5, 0.6) is 5.75 Å². The number of ether oxygens (including phenoxy) is 1. The van der Waals surface area contributed by atoms with Crippen molar-refractivity contribution in [2.45, 2.75) is 69.1 Å². The molecule has 0 amide bonds. The highest BCUT2D eigenvalue weighted by Crippen LogP contribution is 2.59. The molecule has 38 heavy (non-hydrogen) atoms. The van der Waals surface area contributed by atoms with Gasteiger partial charge in [0.25, 0.3) is 0 Å². The summed E-state index contributed by atoms with van der Waals surface area (Å²) in [5.74, 6) is 0.776. The van der Waals surface area contributed by atoms with Gasteiger partial charge in [0.1, 0.15) is 17.2 Å². The number of fused-ring (bicyclic) bond motifs is 4. The van der Waals surface area contributed by atoms with E-state index in [9.17, 15) is 13.2 Å². The Morgan fingerprint density at radius 1 is 0.947 bits per heavy atom. The fourth-order valence-corrected chi connectivity index (χ4v) is 7.57. The van der Waals surface area contributed by atoms with Crippen molar-refractivity contribution in [1.82, 2.24) is 10.1 Å². The Balaban J connectivity index is 1.18. The molecule has 2 bridgehead atoms. The Bertz CT molecular complexity index is 1470. The molecule has 2 aromatic carbocycles. The Kier molecular flexibility index (Phi) is 5.48. The first-order chi connectivity index (χ1) is 18.3. The van der Waals surface area contributed by atoms with E-state index in [1.807, 2.05) is 17.4 Å². The largest absolute Gasteiger partial charge is 0.573 e. The first kappa shape index (κ1) is 23.9. The second kappa shape index (κ2) is 8.70. The molecule has 4 aliphatic carbocycles. The van der Waals surface area contributed by atoms with Crippen LogP contribution in [0.3, 0.4) is 0 Å². The van der Waals surface area contributed by atoms with Crippen molar-refractivity contribution in [2.75, 3.05) is 0 Å². The molecule has 0 N–H and O–H groups in total. The SMILES string of the molecule is FC(F)(F)Oc1ccccc1-c1noc(C2CC2)c1C=CC12CCC(c3nc4ccccc4s3)(CC1)CC2. The highest BCUT2D eigenvalue weighted by Gasteiger charge is 2.49. The predicted molar refractivity (Wildman–Crippen MR) is 141 cm³/mol. The monoisotopic (exact) mass is 536 g/mol. The summed E-state index contributed by atoms with van der Waals surface area (Å²) in [6.07, 6.45) is 8.13. The van der Waals surface area contributed by atoms with Crippen LogP contribution in [0.2, 0.25) is 0 Å². The predicted octanol–water partition coefficient (Wildman–Crippen LogP) is 9.03. The number of hydrogen-bond acceptors (Lipinski definition) is 5. The number of nitrogens with zero attached hydrogens (tertiary/aromatic N) is 2. The number of allylic oxidation sites excluding steroid dienone is 1. The summed E-state index contributed by atoms with van der Waals surface area (Å²) in [5.41, 5.74) is 2.82. The van der Waals surface area contributed by atoms with Crippen molar-refractivity contribution in [1.29, 1.82) is 0 Å². The molecule has 4 nitrogen and oxygen atoms in total. The minimum Gasteiger partial charge on any atom is -0.405 e. The molecule has 0 spiro atoms. The molecule has 196 valence electrons. The minimum atomic E-state index is -4.78. The van der Waals surface area contributed by atoms with E-state index in [2.05, 4.69) is 40.2 Å². The van der Waals surface area contributed by atoms with Gasteiger partial charge in [-0.2, -0.15) is 0 Å². The van der Waals surface area contributed by atoms with Gasteiger partial charge < -0.3 is 9.26 Å².